The highest BCUT2D eigenvalue weighted by Crippen LogP contribution is 2.26. The number of benzene rings is 1. The predicted molar refractivity (Wildman–Crippen MR) is 67.6 cm³/mol. The highest BCUT2D eigenvalue weighted by molar-refractivity contribution is 7.14. The van der Waals surface area contributed by atoms with Gasteiger partial charge in [-0.2, -0.15) is 0 Å². The molecule has 16 heavy (non-hydrogen) atoms. The first kappa shape index (κ1) is 11.2. The Balaban J connectivity index is 2.28. The summed E-state index contributed by atoms with van der Waals surface area (Å²) in [5.41, 5.74) is 2.40. The Morgan fingerprint density at radius 2 is 1.88 bits per heavy atom. The van der Waals surface area contributed by atoms with Gasteiger partial charge in [0.25, 0.3) is 0 Å². The van der Waals surface area contributed by atoms with Gasteiger partial charge in [0.1, 0.15) is 10.0 Å². The highest BCUT2D eigenvalue weighted by Gasteiger charge is 2.10. The van der Waals surface area contributed by atoms with Crippen LogP contribution < -0.4 is 5.32 Å². The van der Waals surface area contributed by atoms with Gasteiger partial charge < -0.3 is 5.32 Å². The van der Waals surface area contributed by atoms with Gasteiger partial charge in [0.15, 0.2) is 0 Å². The van der Waals surface area contributed by atoms with Gasteiger partial charge in [-0.3, -0.25) is 0 Å². The molecule has 1 heterocycles. The van der Waals surface area contributed by atoms with Crippen molar-refractivity contribution in [2.45, 2.75) is 19.9 Å². The summed E-state index contributed by atoms with van der Waals surface area (Å²) in [6.45, 7) is 4.16. The Hall–Kier alpha value is -1.26. The van der Waals surface area contributed by atoms with Crippen molar-refractivity contribution >= 4 is 11.3 Å². The number of hydrogen-bond acceptors (Lipinski definition) is 4. The van der Waals surface area contributed by atoms with Crippen molar-refractivity contribution in [2.24, 2.45) is 0 Å². The number of rotatable bonds is 3. The molecule has 0 fully saturated rings. The molecule has 1 aromatic heterocycles. The topological polar surface area (TPSA) is 37.8 Å². The molecule has 0 radical (unpaired) electrons. The number of hydrogen-bond donors (Lipinski definition) is 1. The quantitative estimate of drug-likeness (QED) is 0.885. The number of aromatic nitrogens is 2. The maximum Gasteiger partial charge on any atom is 0.147 e. The smallest absolute Gasteiger partial charge is 0.147 e. The van der Waals surface area contributed by atoms with Gasteiger partial charge in [0, 0.05) is 5.56 Å². The molecule has 84 valence electrons. The van der Waals surface area contributed by atoms with Crippen molar-refractivity contribution < 1.29 is 0 Å². The minimum absolute atomic E-state index is 0.261. The van der Waals surface area contributed by atoms with Crippen molar-refractivity contribution in [3.8, 4) is 10.6 Å². The molecule has 4 heteroatoms. The lowest BCUT2D eigenvalue weighted by Crippen LogP contribution is -2.11. The van der Waals surface area contributed by atoms with E-state index >= 15 is 0 Å². The van der Waals surface area contributed by atoms with E-state index in [0.717, 1.165) is 15.6 Å². The molecule has 2 rings (SSSR count). The molecule has 1 N–H and O–H groups in total. The first-order valence-electron chi connectivity index (χ1n) is 5.28. The van der Waals surface area contributed by atoms with Crippen molar-refractivity contribution in [3.05, 3.63) is 34.8 Å². The predicted octanol–water partition coefficient (Wildman–Crippen LogP) is 2.79. The van der Waals surface area contributed by atoms with E-state index in [4.69, 9.17) is 0 Å². The first-order chi connectivity index (χ1) is 7.70. The molecule has 3 nitrogen and oxygen atoms in total. The molecule has 0 aliphatic heterocycles. The zero-order valence-corrected chi connectivity index (χ0v) is 10.5. The largest absolute Gasteiger partial charge is 0.311 e. The van der Waals surface area contributed by atoms with E-state index < -0.39 is 0 Å². The molecule has 1 aromatic carbocycles. The van der Waals surface area contributed by atoms with Crippen LogP contribution in [0.5, 0.6) is 0 Å². The van der Waals surface area contributed by atoms with E-state index in [1.165, 1.54) is 5.56 Å². The summed E-state index contributed by atoms with van der Waals surface area (Å²) >= 11 is 1.64. The summed E-state index contributed by atoms with van der Waals surface area (Å²) < 4.78 is 0. The standard InChI is InChI=1S/C12H15N3S/c1-8-4-6-10(7-5-8)12-15-14-11(16-12)9(2)13-3/h4-7,9,13H,1-3H3. The minimum atomic E-state index is 0.261. The van der Waals surface area contributed by atoms with Crippen LogP contribution in [0.3, 0.4) is 0 Å². The molecule has 0 saturated carbocycles. The molecule has 2 aromatic rings. The van der Waals surface area contributed by atoms with E-state index in [0.29, 0.717) is 0 Å². The van der Waals surface area contributed by atoms with Crippen LogP contribution in [0.1, 0.15) is 23.5 Å². The second-order valence-electron chi connectivity index (χ2n) is 3.82. The van der Waals surface area contributed by atoms with Gasteiger partial charge in [-0.1, -0.05) is 41.2 Å². The molecular formula is C12H15N3S. The maximum absolute atomic E-state index is 4.21. The molecule has 0 aliphatic carbocycles. The number of nitrogens with zero attached hydrogens (tertiary/aromatic N) is 2. The molecule has 0 amide bonds. The fraction of sp³-hybridized carbons (Fsp3) is 0.333. The van der Waals surface area contributed by atoms with Crippen molar-refractivity contribution in [2.75, 3.05) is 7.05 Å². The fourth-order valence-corrected chi connectivity index (χ4v) is 2.26. The van der Waals surface area contributed by atoms with E-state index in [-0.39, 0.29) is 6.04 Å². The highest BCUT2D eigenvalue weighted by atomic mass is 32.1. The van der Waals surface area contributed by atoms with E-state index in [1.54, 1.807) is 11.3 Å². The van der Waals surface area contributed by atoms with Gasteiger partial charge in [0.2, 0.25) is 0 Å². The maximum atomic E-state index is 4.21. The van der Waals surface area contributed by atoms with Crippen LogP contribution in [0.15, 0.2) is 24.3 Å². The third-order valence-electron chi connectivity index (χ3n) is 2.54. The van der Waals surface area contributed by atoms with E-state index in [2.05, 4.69) is 53.6 Å². The van der Waals surface area contributed by atoms with Gasteiger partial charge >= 0.3 is 0 Å². The summed E-state index contributed by atoms with van der Waals surface area (Å²) in [7, 11) is 1.93. The lowest BCUT2D eigenvalue weighted by molar-refractivity contribution is 0.640. The van der Waals surface area contributed by atoms with Crippen LogP contribution in [0.2, 0.25) is 0 Å². The van der Waals surface area contributed by atoms with Gasteiger partial charge in [-0.25, -0.2) is 0 Å². The van der Waals surface area contributed by atoms with Crippen LogP contribution in [0.4, 0.5) is 0 Å². The first-order valence-corrected chi connectivity index (χ1v) is 6.10. The van der Waals surface area contributed by atoms with Crippen LogP contribution in [-0.2, 0) is 0 Å². The Labute approximate surface area is 99.5 Å². The molecule has 0 spiro atoms. The SMILES string of the molecule is CNC(C)c1nnc(-c2ccc(C)cc2)s1. The number of aryl methyl sites for hydroxylation is 1. The molecule has 0 bridgehead atoms. The Bertz CT molecular complexity index is 461. The number of nitrogens with one attached hydrogen (secondary N) is 1. The van der Waals surface area contributed by atoms with Crippen LogP contribution in [-0.4, -0.2) is 17.2 Å². The van der Waals surface area contributed by atoms with Crippen molar-refractivity contribution in [1.82, 2.24) is 15.5 Å². The Morgan fingerprint density at radius 1 is 1.19 bits per heavy atom. The van der Waals surface area contributed by atoms with E-state index in [9.17, 15) is 0 Å². The zero-order valence-electron chi connectivity index (χ0n) is 9.69. The molecule has 0 aliphatic rings. The summed E-state index contributed by atoms with van der Waals surface area (Å²) in [4.78, 5) is 0. The van der Waals surface area contributed by atoms with Crippen molar-refractivity contribution in [3.63, 3.8) is 0 Å². The van der Waals surface area contributed by atoms with Crippen LogP contribution >= 0.6 is 11.3 Å². The monoisotopic (exact) mass is 233 g/mol. The summed E-state index contributed by atoms with van der Waals surface area (Å²) in [6, 6.07) is 8.63. The summed E-state index contributed by atoms with van der Waals surface area (Å²) in [5.74, 6) is 0. The second-order valence-corrected chi connectivity index (χ2v) is 4.83. The van der Waals surface area contributed by atoms with E-state index in [1.807, 2.05) is 7.05 Å². The third kappa shape index (κ3) is 2.28. The minimum Gasteiger partial charge on any atom is -0.311 e. The zero-order chi connectivity index (χ0) is 11.5. The second kappa shape index (κ2) is 4.72. The van der Waals surface area contributed by atoms with Crippen LogP contribution in [0, 0.1) is 6.92 Å². The average Bonchev–Trinajstić information content (AvgIpc) is 2.78. The fourth-order valence-electron chi connectivity index (χ4n) is 1.35. The summed E-state index contributed by atoms with van der Waals surface area (Å²) in [5, 5.41) is 13.6. The normalized spacial score (nSPS) is 12.7. The molecule has 0 saturated heterocycles. The lowest BCUT2D eigenvalue weighted by atomic mass is 10.2. The Kier molecular flexibility index (Phi) is 3.31. The third-order valence-corrected chi connectivity index (χ3v) is 3.70. The van der Waals surface area contributed by atoms with Gasteiger partial charge in [0.05, 0.1) is 6.04 Å². The summed E-state index contributed by atoms with van der Waals surface area (Å²) in [6.07, 6.45) is 0. The Morgan fingerprint density at radius 3 is 2.50 bits per heavy atom. The van der Waals surface area contributed by atoms with Gasteiger partial charge in [-0.05, 0) is 20.9 Å². The molecule has 1 unspecified atom stereocenters. The lowest BCUT2D eigenvalue weighted by Gasteiger charge is -2.02. The van der Waals surface area contributed by atoms with Gasteiger partial charge in [-0.15, -0.1) is 10.2 Å². The van der Waals surface area contributed by atoms with Crippen LogP contribution in [0.25, 0.3) is 10.6 Å². The molecular weight excluding hydrogens is 218 g/mol. The average molecular weight is 233 g/mol. The van der Waals surface area contributed by atoms with Crippen molar-refractivity contribution in [1.29, 1.82) is 0 Å². The molecule has 1 atom stereocenters.